The van der Waals surface area contributed by atoms with Crippen LogP contribution in [0, 0.1) is 0 Å². The van der Waals surface area contributed by atoms with Crippen LogP contribution in [0.2, 0.25) is 0 Å². The van der Waals surface area contributed by atoms with E-state index in [1.165, 1.54) is 4.90 Å². The Labute approximate surface area is 123 Å². The average molecular weight is 283 g/mol. The molecule has 0 spiro atoms. The second kappa shape index (κ2) is 7.19. The lowest BCUT2D eigenvalue weighted by molar-refractivity contribution is -0.145. The Morgan fingerprint density at radius 1 is 1.10 bits per heavy atom. The number of likely N-dealkylation sites (N-methyl/N-ethyl adjacent to an activating group) is 1. The molecule has 21 heavy (non-hydrogen) atoms. The van der Waals surface area contributed by atoms with Gasteiger partial charge >= 0.3 is 11.8 Å². The lowest BCUT2D eigenvalue weighted by Gasteiger charge is -2.16. The molecule has 0 aliphatic rings. The van der Waals surface area contributed by atoms with Gasteiger partial charge in [-0.15, -0.1) is 0 Å². The zero-order valence-corrected chi connectivity index (χ0v) is 11.8. The number of aromatic nitrogens is 1. The molecule has 1 N–H and O–H groups in total. The van der Waals surface area contributed by atoms with Gasteiger partial charge in [0.15, 0.2) is 0 Å². The predicted octanol–water partition coefficient (Wildman–Crippen LogP) is 1.36. The van der Waals surface area contributed by atoms with Crippen LogP contribution in [0.3, 0.4) is 0 Å². The van der Waals surface area contributed by atoms with E-state index < -0.39 is 11.8 Å². The fraction of sp³-hybridized carbons (Fsp3) is 0.188. The molecule has 0 aliphatic heterocycles. The minimum Gasteiger partial charge on any atom is -0.342 e. The molecule has 2 rings (SSSR count). The van der Waals surface area contributed by atoms with Crippen LogP contribution in [0.4, 0.5) is 0 Å². The third kappa shape index (κ3) is 4.42. The quantitative estimate of drug-likeness (QED) is 0.862. The SMILES string of the molecule is CN(Cc1ccccc1)C(=O)C(=O)NCc1ccccn1. The molecule has 1 aromatic heterocycles. The predicted molar refractivity (Wildman–Crippen MR) is 79.0 cm³/mol. The number of rotatable bonds is 4. The third-order valence-corrected chi connectivity index (χ3v) is 2.96. The van der Waals surface area contributed by atoms with Crippen LogP contribution in [0.15, 0.2) is 54.7 Å². The molecular weight excluding hydrogens is 266 g/mol. The Morgan fingerprint density at radius 3 is 2.48 bits per heavy atom. The van der Waals surface area contributed by atoms with Crippen LogP contribution in [-0.4, -0.2) is 28.7 Å². The maximum atomic E-state index is 12.0. The summed E-state index contributed by atoms with van der Waals surface area (Å²) >= 11 is 0. The average Bonchev–Trinajstić information content (AvgIpc) is 2.53. The molecule has 5 heteroatoms. The van der Waals surface area contributed by atoms with E-state index in [2.05, 4.69) is 10.3 Å². The minimum atomic E-state index is -0.626. The van der Waals surface area contributed by atoms with E-state index >= 15 is 0 Å². The summed E-state index contributed by atoms with van der Waals surface area (Å²) in [5, 5.41) is 2.57. The highest BCUT2D eigenvalue weighted by molar-refractivity contribution is 6.34. The number of benzene rings is 1. The monoisotopic (exact) mass is 283 g/mol. The van der Waals surface area contributed by atoms with Crippen molar-refractivity contribution >= 4 is 11.8 Å². The van der Waals surface area contributed by atoms with Crippen LogP contribution in [0.1, 0.15) is 11.3 Å². The first-order valence-corrected chi connectivity index (χ1v) is 6.64. The molecule has 5 nitrogen and oxygen atoms in total. The summed E-state index contributed by atoms with van der Waals surface area (Å²) in [5.74, 6) is -1.19. The smallest absolute Gasteiger partial charge is 0.311 e. The van der Waals surface area contributed by atoms with Crippen molar-refractivity contribution in [2.75, 3.05) is 7.05 Å². The van der Waals surface area contributed by atoms with Gasteiger partial charge in [-0.3, -0.25) is 14.6 Å². The number of pyridine rings is 1. The first kappa shape index (κ1) is 14.7. The standard InChI is InChI=1S/C16H17N3O2/c1-19(12-13-7-3-2-4-8-13)16(21)15(20)18-11-14-9-5-6-10-17-14/h2-10H,11-12H2,1H3,(H,18,20). The molecule has 0 saturated carbocycles. The van der Waals surface area contributed by atoms with E-state index in [1.807, 2.05) is 36.4 Å². The molecule has 2 aromatic rings. The summed E-state index contributed by atoms with van der Waals surface area (Å²) in [6.07, 6.45) is 1.64. The lowest BCUT2D eigenvalue weighted by atomic mass is 10.2. The molecule has 0 bridgehead atoms. The number of carbonyl (C=O) groups is 2. The van der Waals surface area contributed by atoms with Gasteiger partial charge in [0, 0.05) is 19.8 Å². The number of hydrogen-bond donors (Lipinski definition) is 1. The summed E-state index contributed by atoms with van der Waals surface area (Å²) in [7, 11) is 1.61. The summed E-state index contributed by atoms with van der Waals surface area (Å²) in [4.78, 5) is 29.3. The van der Waals surface area contributed by atoms with Gasteiger partial charge in [0.1, 0.15) is 0 Å². The van der Waals surface area contributed by atoms with E-state index in [4.69, 9.17) is 0 Å². The van der Waals surface area contributed by atoms with E-state index in [-0.39, 0.29) is 6.54 Å². The molecule has 0 radical (unpaired) electrons. The van der Waals surface area contributed by atoms with Gasteiger partial charge < -0.3 is 10.2 Å². The highest BCUT2D eigenvalue weighted by Crippen LogP contribution is 2.03. The second-order valence-corrected chi connectivity index (χ2v) is 4.65. The largest absolute Gasteiger partial charge is 0.342 e. The number of amides is 2. The highest BCUT2D eigenvalue weighted by Gasteiger charge is 2.18. The van der Waals surface area contributed by atoms with E-state index in [9.17, 15) is 9.59 Å². The topological polar surface area (TPSA) is 62.3 Å². The molecule has 0 saturated heterocycles. The molecule has 108 valence electrons. The highest BCUT2D eigenvalue weighted by atomic mass is 16.2. The maximum Gasteiger partial charge on any atom is 0.311 e. The number of nitrogens with one attached hydrogen (secondary N) is 1. The summed E-state index contributed by atoms with van der Waals surface area (Å²) in [5.41, 5.74) is 1.69. The van der Waals surface area contributed by atoms with Crippen molar-refractivity contribution in [2.45, 2.75) is 13.1 Å². The summed E-state index contributed by atoms with van der Waals surface area (Å²) in [6, 6.07) is 14.9. The Morgan fingerprint density at radius 2 is 1.81 bits per heavy atom. The van der Waals surface area contributed by atoms with Gasteiger partial charge in [-0.2, -0.15) is 0 Å². The first-order valence-electron chi connectivity index (χ1n) is 6.64. The summed E-state index contributed by atoms with van der Waals surface area (Å²) < 4.78 is 0. The number of carbonyl (C=O) groups excluding carboxylic acids is 2. The molecule has 0 atom stereocenters. The van der Waals surface area contributed by atoms with Gasteiger partial charge in [0.25, 0.3) is 0 Å². The minimum absolute atomic E-state index is 0.241. The first-order chi connectivity index (χ1) is 10.2. The third-order valence-electron chi connectivity index (χ3n) is 2.96. The molecule has 1 heterocycles. The summed E-state index contributed by atoms with van der Waals surface area (Å²) in [6.45, 7) is 0.640. The zero-order chi connectivity index (χ0) is 15.1. The van der Waals surface area contributed by atoms with Crippen molar-refractivity contribution in [2.24, 2.45) is 0 Å². The normalized spacial score (nSPS) is 9.95. The van der Waals surface area contributed by atoms with Crippen LogP contribution >= 0.6 is 0 Å². The van der Waals surface area contributed by atoms with Gasteiger partial charge in [-0.05, 0) is 17.7 Å². The second-order valence-electron chi connectivity index (χ2n) is 4.65. The van der Waals surface area contributed by atoms with Gasteiger partial charge in [0.2, 0.25) is 0 Å². The molecule has 2 amide bonds. The Balaban J connectivity index is 1.85. The molecule has 0 unspecified atom stereocenters. The maximum absolute atomic E-state index is 12.0. The molecule has 0 aliphatic carbocycles. The molecular formula is C16H17N3O2. The zero-order valence-electron chi connectivity index (χ0n) is 11.8. The van der Waals surface area contributed by atoms with Crippen molar-refractivity contribution in [3.8, 4) is 0 Å². The number of nitrogens with zero attached hydrogens (tertiary/aromatic N) is 2. The van der Waals surface area contributed by atoms with Crippen molar-refractivity contribution in [3.63, 3.8) is 0 Å². The fourth-order valence-corrected chi connectivity index (χ4v) is 1.85. The Hall–Kier alpha value is -2.69. The van der Waals surface area contributed by atoms with Crippen molar-refractivity contribution in [1.29, 1.82) is 0 Å². The molecule has 0 fully saturated rings. The van der Waals surface area contributed by atoms with E-state index in [0.717, 1.165) is 5.56 Å². The van der Waals surface area contributed by atoms with E-state index in [0.29, 0.717) is 12.2 Å². The Bertz CT molecular complexity index is 599. The van der Waals surface area contributed by atoms with Gasteiger partial charge in [0.05, 0.1) is 12.2 Å². The number of hydrogen-bond acceptors (Lipinski definition) is 3. The lowest BCUT2D eigenvalue weighted by Crippen LogP contribution is -2.40. The van der Waals surface area contributed by atoms with Crippen LogP contribution in [0.25, 0.3) is 0 Å². The van der Waals surface area contributed by atoms with Gasteiger partial charge in [-0.1, -0.05) is 36.4 Å². The van der Waals surface area contributed by atoms with Crippen LogP contribution in [0.5, 0.6) is 0 Å². The van der Waals surface area contributed by atoms with Crippen LogP contribution in [-0.2, 0) is 22.7 Å². The van der Waals surface area contributed by atoms with Crippen molar-refractivity contribution < 1.29 is 9.59 Å². The molecule has 1 aromatic carbocycles. The van der Waals surface area contributed by atoms with Crippen molar-refractivity contribution in [1.82, 2.24) is 15.2 Å². The van der Waals surface area contributed by atoms with E-state index in [1.54, 1.807) is 25.4 Å². The van der Waals surface area contributed by atoms with Crippen molar-refractivity contribution in [3.05, 3.63) is 66.0 Å². The Kier molecular flexibility index (Phi) is 5.04. The fourth-order valence-electron chi connectivity index (χ4n) is 1.85. The van der Waals surface area contributed by atoms with Gasteiger partial charge in [-0.25, -0.2) is 0 Å². The van der Waals surface area contributed by atoms with Crippen LogP contribution < -0.4 is 5.32 Å².